The van der Waals surface area contributed by atoms with E-state index in [1.54, 1.807) is 0 Å². The monoisotopic (exact) mass is 246 g/mol. The molecule has 0 aliphatic heterocycles. The first-order valence-corrected chi connectivity index (χ1v) is 7.15. The highest BCUT2D eigenvalue weighted by atomic mass is 15.2. The Hall–Kier alpha value is -1.02. The molecule has 0 saturated heterocycles. The summed E-state index contributed by atoms with van der Waals surface area (Å²) in [5.74, 6) is 1.62. The normalized spacial score (nSPS) is 27.1. The molecule has 1 aliphatic carbocycles. The number of nitrogens with two attached hydrogens (primary N) is 1. The van der Waals surface area contributed by atoms with Crippen LogP contribution in [0.1, 0.15) is 33.6 Å². The van der Waals surface area contributed by atoms with Gasteiger partial charge in [0, 0.05) is 18.8 Å². The van der Waals surface area contributed by atoms with E-state index in [1.807, 2.05) is 0 Å². The molecule has 0 spiro atoms. The maximum absolute atomic E-state index is 6.10. The third-order valence-electron chi connectivity index (χ3n) is 4.56. The fourth-order valence-electron chi connectivity index (χ4n) is 3.28. The summed E-state index contributed by atoms with van der Waals surface area (Å²) in [4.78, 5) is 2.51. The predicted octanol–water partition coefficient (Wildman–Crippen LogP) is 3.28. The van der Waals surface area contributed by atoms with E-state index in [0.717, 1.165) is 24.9 Å². The van der Waals surface area contributed by atoms with Crippen molar-refractivity contribution in [1.82, 2.24) is 0 Å². The van der Waals surface area contributed by atoms with Crippen molar-refractivity contribution >= 4 is 5.69 Å². The Balaban J connectivity index is 2.17. The van der Waals surface area contributed by atoms with Crippen molar-refractivity contribution in [1.29, 1.82) is 0 Å². The van der Waals surface area contributed by atoms with E-state index in [2.05, 4.69) is 56.0 Å². The fourth-order valence-corrected chi connectivity index (χ4v) is 3.28. The van der Waals surface area contributed by atoms with Gasteiger partial charge in [-0.25, -0.2) is 0 Å². The number of likely N-dealkylation sites (N-methyl/N-ethyl adjacent to an activating group) is 1. The summed E-state index contributed by atoms with van der Waals surface area (Å²) in [6.45, 7) is 8.67. The van der Waals surface area contributed by atoms with Gasteiger partial charge in [0.05, 0.1) is 5.54 Å². The molecule has 2 N–H and O–H groups in total. The number of para-hydroxylation sites is 1. The molecule has 2 nitrogen and oxygen atoms in total. The van der Waals surface area contributed by atoms with Crippen molar-refractivity contribution < 1.29 is 0 Å². The minimum absolute atomic E-state index is 0.199. The molecule has 0 unspecified atom stereocenters. The minimum atomic E-state index is 0.199. The van der Waals surface area contributed by atoms with Gasteiger partial charge in [0.15, 0.2) is 0 Å². The molecule has 0 heterocycles. The van der Waals surface area contributed by atoms with Crippen LogP contribution in [0.5, 0.6) is 0 Å². The third-order valence-corrected chi connectivity index (χ3v) is 4.56. The number of rotatable bonds is 5. The van der Waals surface area contributed by atoms with Crippen molar-refractivity contribution in [3.8, 4) is 0 Å². The predicted molar refractivity (Wildman–Crippen MR) is 78.8 cm³/mol. The number of hydrogen-bond acceptors (Lipinski definition) is 2. The maximum atomic E-state index is 6.10. The number of benzene rings is 1. The van der Waals surface area contributed by atoms with Gasteiger partial charge in [0.25, 0.3) is 0 Å². The van der Waals surface area contributed by atoms with Crippen LogP contribution in [0, 0.1) is 11.8 Å². The number of anilines is 1. The van der Waals surface area contributed by atoms with Crippen LogP contribution >= 0.6 is 0 Å². The summed E-state index contributed by atoms with van der Waals surface area (Å²) in [7, 11) is 0. The smallest absolute Gasteiger partial charge is 0.0529 e. The summed E-state index contributed by atoms with van der Waals surface area (Å²) in [5.41, 5.74) is 7.62. The molecular formula is C16H26N2. The van der Waals surface area contributed by atoms with Crippen LogP contribution in [-0.4, -0.2) is 18.6 Å². The van der Waals surface area contributed by atoms with Gasteiger partial charge < -0.3 is 10.6 Å². The molecule has 100 valence electrons. The average Bonchev–Trinajstić information content (AvgIpc) is 2.34. The first-order chi connectivity index (χ1) is 8.63. The largest absolute Gasteiger partial charge is 0.365 e. The second-order valence-corrected chi connectivity index (χ2v) is 5.92. The molecule has 0 radical (unpaired) electrons. The van der Waals surface area contributed by atoms with Crippen LogP contribution in [0.2, 0.25) is 0 Å². The molecule has 0 bridgehead atoms. The zero-order valence-corrected chi connectivity index (χ0v) is 11.9. The van der Waals surface area contributed by atoms with E-state index in [4.69, 9.17) is 5.73 Å². The van der Waals surface area contributed by atoms with E-state index < -0.39 is 0 Å². The Morgan fingerprint density at radius 2 is 1.89 bits per heavy atom. The van der Waals surface area contributed by atoms with Gasteiger partial charge in [-0.05, 0) is 43.7 Å². The average molecular weight is 246 g/mol. The van der Waals surface area contributed by atoms with Crippen molar-refractivity contribution in [2.75, 3.05) is 18.0 Å². The molecule has 1 aliphatic rings. The van der Waals surface area contributed by atoms with E-state index in [9.17, 15) is 0 Å². The highest BCUT2D eigenvalue weighted by Crippen LogP contribution is 2.46. The van der Waals surface area contributed by atoms with E-state index in [-0.39, 0.29) is 5.54 Å². The Morgan fingerprint density at radius 1 is 1.28 bits per heavy atom. The lowest BCUT2D eigenvalue weighted by Gasteiger charge is -2.56. The summed E-state index contributed by atoms with van der Waals surface area (Å²) >= 11 is 0. The first-order valence-electron chi connectivity index (χ1n) is 7.15. The summed E-state index contributed by atoms with van der Waals surface area (Å²) < 4.78 is 0. The van der Waals surface area contributed by atoms with Crippen molar-refractivity contribution in [3.63, 3.8) is 0 Å². The van der Waals surface area contributed by atoms with Crippen LogP contribution in [0.15, 0.2) is 30.3 Å². The molecular weight excluding hydrogens is 220 g/mol. The van der Waals surface area contributed by atoms with Gasteiger partial charge in [-0.1, -0.05) is 32.0 Å². The molecule has 1 aromatic carbocycles. The second-order valence-electron chi connectivity index (χ2n) is 5.92. The molecule has 2 heteroatoms. The van der Waals surface area contributed by atoms with Gasteiger partial charge in [-0.15, -0.1) is 0 Å². The topological polar surface area (TPSA) is 29.3 Å². The third kappa shape index (κ3) is 2.26. The molecule has 1 saturated carbocycles. The summed E-state index contributed by atoms with van der Waals surface area (Å²) in [6.07, 6.45) is 2.48. The molecule has 18 heavy (non-hydrogen) atoms. The van der Waals surface area contributed by atoms with Crippen LogP contribution < -0.4 is 10.6 Å². The van der Waals surface area contributed by atoms with Crippen LogP contribution in [0.25, 0.3) is 0 Å². The maximum Gasteiger partial charge on any atom is 0.0529 e. The Labute approximate surface area is 111 Å². The van der Waals surface area contributed by atoms with E-state index >= 15 is 0 Å². The molecule has 1 aromatic rings. The van der Waals surface area contributed by atoms with Crippen molar-refractivity contribution in [3.05, 3.63) is 30.3 Å². The Bertz CT molecular complexity index is 366. The zero-order valence-electron chi connectivity index (χ0n) is 11.9. The van der Waals surface area contributed by atoms with Crippen molar-refractivity contribution in [2.45, 2.75) is 39.2 Å². The first kappa shape index (κ1) is 13.4. The quantitative estimate of drug-likeness (QED) is 0.864. The number of hydrogen-bond donors (Lipinski definition) is 1. The van der Waals surface area contributed by atoms with Gasteiger partial charge in [-0.2, -0.15) is 0 Å². The van der Waals surface area contributed by atoms with Gasteiger partial charge >= 0.3 is 0 Å². The molecule has 0 amide bonds. The molecule has 0 aromatic heterocycles. The summed E-state index contributed by atoms with van der Waals surface area (Å²) in [6, 6.07) is 10.7. The lowest BCUT2D eigenvalue weighted by atomic mass is 9.63. The zero-order chi connectivity index (χ0) is 13.2. The van der Waals surface area contributed by atoms with Gasteiger partial charge in [-0.3, -0.25) is 0 Å². The molecule has 1 fully saturated rings. The molecule has 0 atom stereocenters. The lowest BCUT2D eigenvalue weighted by Crippen LogP contribution is -2.63. The van der Waals surface area contributed by atoms with Crippen LogP contribution in [0.4, 0.5) is 5.69 Å². The van der Waals surface area contributed by atoms with Crippen LogP contribution in [-0.2, 0) is 0 Å². The highest BCUT2D eigenvalue weighted by Gasteiger charge is 2.47. The lowest BCUT2D eigenvalue weighted by molar-refractivity contribution is 0.103. The minimum Gasteiger partial charge on any atom is -0.365 e. The van der Waals surface area contributed by atoms with Crippen LogP contribution in [0.3, 0.4) is 0 Å². The number of nitrogens with zero attached hydrogens (tertiary/aromatic N) is 1. The van der Waals surface area contributed by atoms with Gasteiger partial charge in [0.1, 0.15) is 0 Å². The highest BCUT2D eigenvalue weighted by molar-refractivity contribution is 5.50. The standard InChI is InChI=1S/C16H26N2/c1-4-18(15-8-6-5-7-9-15)16(12-17)10-14(11-16)13(2)3/h5-9,13-14H,4,10-12,17H2,1-3H3. The van der Waals surface area contributed by atoms with Gasteiger partial charge in [0.2, 0.25) is 0 Å². The second kappa shape index (κ2) is 5.31. The van der Waals surface area contributed by atoms with Crippen molar-refractivity contribution in [2.24, 2.45) is 17.6 Å². The van der Waals surface area contributed by atoms with E-state index in [1.165, 1.54) is 18.5 Å². The Morgan fingerprint density at radius 3 is 2.33 bits per heavy atom. The molecule has 2 rings (SSSR count). The summed E-state index contributed by atoms with van der Waals surface area (Å²) in [5, 5.41) is 0. The fraction of sp³-hybridized carbons (Fsp3) is 0.625. The Kier molecular flexibility index (Phi) is 3.96. The SMILES string of the molecule is CCN(c1ccccc1)C1(CN)CC(C(C)C)C1. The van der Waals surface area contributed by atoms with E-state index in [0.29, 0.717) is 0 Å².